The average Bonchev–Trinajstić information content (AvgIpc) is 2.56. The van der Waals surface area contributed by atoms with Gasteiger partial charge in [0.05, 0.1) is 6.42 Å². The van der Waals surface area contributed by atoms with Crippen LogP contribution in [0.15, 0.2) is 48.5 Å². The molecule has 0 aliphatic heterocycles. The zero-order valence-electron chi connectivity index (χ0n) is 13.7. The van der Waals surface area contributed by atoms with Gasteiger partial charge in [0, 0.05) is 18.7 Å². The predicted octanol–water partition coefficient (Wildman–Crippen LogP) is 3.38. The first-order valence-corrected chi connectivity index (χ1v) is 7.90. The van der Waals surface area contributed by atoms with Crippen LogP contribution >= 0.6 is 0 Å². The van der Waals surface area contributed by atoms with Gasteiger partial charge in [-0.2, -0.15) is 0 Å². The van der Waals surface area contributed by atoms with Crippen LogP contribution in [0.1, 0.15) is 25.0 Å². The third-order valence-corrected chi connectivity index (χ3v) is 3.74. The maximum atomic E-state index is 12.3. The van der Waals surface area contributed by atoms with Crippen LogP contribution in [-0.2, 0) is 17.8 Å². The Bertz CT molecular complexity index is 636. The van der Waals surface area contributed by atoms with Crippen LogP contribution in [0.2, 0.25) is 0 Å². The van der Waals surface area contributed by atoms with Gasteiger partial charge < -0.3 is 14.7 Å². The lowest BCUT2D eigenvalue weighted by molar-refractivity contribution is -0.130. The summed E-state index contributed by atoms with van der Waals surface area (Å²) in [5.74, 6) is 0.803. The van der Waals surface area contributed by atoms with Crippen molar-refractivity contribution in [3.8, 4) is 11.5 Å². The van der Waals surface area contributed by atoms with Gasteiger partial charge in [0.2, 0.25) is 5.91 Å². The molecule has 0 atom stereocenters. The third kappa shape index (κ3) is 4.74. The highest BCUT2D eigenvalue weighted by Gasteiger charge is 2.14. The topological polar surface area (TPSA) is 49.8 Å². The van der Waals surface area contributed by atoms with E-state index in [-0.39, 0.29) is 18.1 Å². The van der Waals surface area contributed by atoms with Gasteiger partial charge in [0.25, 0.3) is 0 Å². The number of benzene rings is 2. The van der Waals surface area contributed by atoms with Crippen LogP contribution in [0.25, 0.3) is 0 Å². The molecule has 23 heavy (non-hydrogen) atoms. The summed E-state index contributed by atoms with van der Waals surface area (Å²) in [4.78, 5) is 14.1. The molecular formula is C19H23NO3. The number of phenolic OH excluding ortho intramolecular Hbond substituents is 1. The fourth-order valence-electron chi connectivity index (χ4n) is 2.43. The number of hydrogen-bond donors (Lipinski definition) is 1. The van der Waals surface area contributed by atoms with Crippen LogP contribution in [0.4, 0.5) is 0 Å². The number of nitrogens with zero attached hydrogens (tertiary/aromatic N) is 1. The first-order valence-electron chi connectivity index (χ1n) is 7.90. The van der Waals surface area contributed by atoms with E-state index in [9.17, 15) is 9.90 Å². The van der Waals surface area contributed by atoms with E-state index in [2.05, 4.69) is 0 Å². The van der Waals surface area contributed by atoms with E-state index in [4.69, 9.17) is 4.74 Å². The molecule has 1 N–H and O–H groups in total. The molecule has 122 valence electrons. The number of carbonyl (C=O) groups excluding carboxylic acids is 1. The third-order valence-electron chi connectivity index (χ3n) is 3.74. The zero-order chi connectivity index (χ0) is 16.7. The van der Waals surface area contributed by atoms with Crippen molar-refractivity contribution in [2.75, 3.05) is 13.1 Å². The zero-order valence-corrected chi connectivity index (χ0v) is 13.7. The van der Waals surface area contributed by atoms with Crippen molar-refractivity contribution in [3.63, 3.8) is 0 Å². The molecule has 2 aromatic carbocycles. The van der Waals surface area contributed by atoms with E-state index in [1.54, 1.807) is 23.1 Å². The Morgan fingerprint density at radius 1 is 1.09 bits per heavy atom. The number of likely N-dealkylation sites (N-methyl/N-ethyl adjacent to an activating group) is 1. The Morgan fingerprint density at radius 2 is 1.78 bits per heavy atom. The standard InChI is InChI=1S/C19H23NO3/c1-3-20(4-2)19(22)13-16-12-17(21)10-11-18(16)23-14-15-8-6-5-7-9-15/h5-12,21H,3-4,13-14H2,1-2H3. The Hall–Kier alpha value is -2.49. The molecule has 1 amide bonds. The van der Waals surface area contributed by atoms with Crippen LogP contribution < -0.4 is 4.74 Å². The van der Waals surface area contributed by atoms with Crippen LogP contribution in [0.5, 0.6) is 11.5 Å². The van der Waals surface area contributed by atoms with E-state index >= 15 is 0 Å². The minimum Gasteiger partial charge on any atom is -0.508 e. The van der Waals surface area contributed by atoms with Gasteiger partial charge >= 0.3 is 0 Å². The summed E-state index contributed by atoms with van der Waals surface area (Å²) < 4.78 is 5.84. The Morgan fingerprint density at radius 3 is 2.43 bits per heavy atom. The van der Waals surface area contributed by atoms with E-state index in [0.29, 0.717) is 31.0 Å². The van der Waals surface area contributed by atoms with Crippen LogP contribution in [0, 0.1) is 0 Å². The molecule has 0 fully saturated rings. The van der Waals surface area contributed by atoms with E-state index in [1.807, 2.05) is 44.2 Å². The number of carbonyl (C=O) groups is 1. The minimum absolute atomic E-state index is 0.0326. The van der Waals surface area contributed by atoms with E-state index in [0.717, 1.165) is 5.56 Å². The Labute approximate surface area is 137 Å². The van der Waals surface area contributed by atoms with Gasteiger partial charge in [-0.3, -0.25) is 4.79 Å². The summed E-state index contributed by atoms with van der Waals surface area (Å²) in [5, 5.41) is 9.71. The summed E-state index contributed by atoms with van der Waals surface area (Å²) in [7, 11) is 0. The van der Waals surface area contributed by atoms with Crippen molar-refractivity contribution in [1.82, 2.24) is 4.90 Å². The second-order valence-corrected chi connectivity index (χ2v) is 5.31. The van der Waals surface area contributed by atoms with Gasteiger partial charge in [-0.15, -0.1) is 0 Å². The molecule has 0 radical (unpaired) electrons. The van der Waals surface area contributed by atoms with Crippen molar-refractivity contribution in [2.24, 2.45) is 0 Å². The van der Waals surface area contributed by atoms with Crippen molar-refractivity contribution < 1.29 is 14.6 Å². The van der Waals surface area contributed by atoms with Gasteiger partial charge in [-0.05, 0) is 37.6 Å². The molecule has 4 nitrogen and oxygen atoms in total. The molecule has 0 saturated heterocycles. The van der Waals surface area contributed by atoms with E-state index < -0.39 is 0 Å². The molecule has 0 aromatic heterocycles. The highest BCUT2D eigenvalue weighted by Crippen LogP contribution is 2.25. The molecule has 2 rings (SSSR count). The fraction of sp³-hybridized carbons (Fsp3) is 0.316. The highest BCUT2D eigenvalue weighted by atomic mass is 16.5. The predicted molar refractivity (Wildman–Crippen MR) is 90.5 cm³/mol. The quantitative estimate of drug-likeness (QED) is 0.852. The number of phenols is 1. The van der Waals surface area contributed by atoms with Gasteiger partial charge in [-0.1, -0.05) is 30.3 Å². The number of rotatable bonds is 7. The second kappa shape index (κ2) is 8.22. The fourth-order valence-corrected chi connectivity index (χ4v) is 2.43. The summed E-state index contributed by atoms with van der Waals surface area (Å²) >= 11 is 0. The smallest absolute Gasteiger partial charge is 0.227 e. The molecule has 0 aliphatic rings. The largest absolute Gasteiger partial charge is 0.508 e. The SMILES string of the molecule is CCN(CC)C(=O)Cc1cc(O)ccc1OCc1ccccc1. The molecule has 0 saturated carbocycles. The number of ether oxygens (including phenoxy) is 1. The lowest BCUT2D eigenvalue weighted by Gasteiger charge is -2.19. The average molecular weight is 313 g/mol. The molecule has 0 heterocycles. The first-order chi connectivity index (χ1) is 11.1. The maximum absolute atomic E-state index is 12.3. The number of amides is 1. The van der Waals surface area contributed by atoms with Crippen LogP contribution in [0.3, 0.4) is 0 Å². The molecule has 0 aliphatic carbocycles. The summed E-state index contributed by atoms with van der Waals surface area (Å²) in [5.41, 5.74) is 1.76. The first kappa shape index (κ1) is 16.9. The van der Waals surface area contributed by atoms with Crippen molar-refractivity contribution >= 4 is 5.91 Å². The summed E-state index contributed by atoms with van der Waals surface area (Å²) in [6, 6.07) is 14.7. The monoisotopic (exact) mass is 313 g/mol. The van der Waals surface area contributed by atoms with Gasteiger partial charge in [0.1, 0.15) is 18.1 Å². The Balaban J connectivity index is 2.12. The van der Waals surface area contributed by atoms with E-state index in [1.165, 1.54) is 0 Å². The van der Waals surface area contributed by atoms with Crippen molar-refractivity contribution in [1.29, 1.82) is 0 Å². The normalized spacial score (nSPS) is 10.3. The molecule has 0 unspecified atom stereocenters. The minimum atomic E-state index is 0.0326. The number of aromatic hydroxyl groups is 1. The van der Waals surface area contributed by atoms with Gasteiger partial charge in [-0.25, -0.2) is 0 Å². The summed E-state index contributed by atoms with van der Waals surface area (Å²) in [6.45, 7) is 5.69. The number of hydrogen-bond acceptors (Lipinski definition) is 3. The molecule has 0 bridgehead atoms. The molecule has 2 aromatic rings. The lowest BCUT2D eigenvalue weighted by atomic mass is 10.1. The molecule has 0 spiro atoms. The summed E-state index contributed by atoms with van der Waals surface area (Å²) in [6.07, 6.45) is 0.222. The van der Waals surface area contributed by atoms with Gasteiger partial charge in [0.15, 0.2) is 0 Å². The van der Waals surface area contributed by atoms with Crippen molar-refractivity contribution in [3.05, 3.63) is 59.7 Å². The Kier molecular flexibility index (Phi) is 6.03. The lowest BCUT2D eigenvalue weighted by Crippen LogP contribution is -2.31. The molecular weight excluding hydrogens is 290 g/mol. The van der Waals surface area contributed by atoms with Crippen molar-refractivity contribution in [2.45, 2.75) is 26.9 Å². The highest BCUT2D eigenvalue weighted by molar-refractivity contribution is 5.79. The molecule has 4 heteroatoms. The maximum Gasteiger partial charge on any atom is 0.227 e. The van der Waals surface area contributed by atoms with Crippen LogP contribution in [-0.4, -0.2) is 29.0 Å². The second-order valence-electron chi connectivity index (χ2n) is 5.31.